The smallest absolute Gasteiger partial charge is 0.331 e. The number of carbonyl (C=O) groups excluding carboxylic acids is 1. The second-order valence-electron chi connectivity index (χ2n) is 2.46. The van der Waals surface area contributed by atoms with E-state index in [9.17, 15) is 14.4 Å². The van der Waals surface area contributed by atoms with Gasteiger partial charge in [0.25, 0.3) is 5.56 Å². The number of carbonyl (C=O) groups is 1. The van der Waals surface area contributed by atoms with Gasteiger partial charge in [-0.25, -0.2) is 4.79 Å². The number of hydrogen-bond donors (Lipinski definition) is 2. The van der Waals surface area contributed by atoms with E-state index in [2.05, 4.69) is 4.74 Å². The van der Waals surface area contributed by atoms with E-state index in [0.717, 1.165) is 13.2 Å². The number of methoxy groups -OCH3 is 1. The Labute approximate surface area is 77.6 Å². The van der Waals surface area contributed by atoms with E-state index in [1.165, 1.54) is 0 Å². The molecule has 1 rings (SSSR count). The van der Waals surface area contributed by atoms with Crippen molar-refractivity contribution in [1.29, 1.82) is 0 Å². The third-order valence-corrected chi connectivity index (χ3v) is 1.53. The van der Waals surface area contributed by atoms with Gasteiger partial charge in [0, 0.05) is 0 Å². The van der Waals surface area contributed by atoms with Gasteiger partial charge in [-0.05, 0) is 0 Å². The average Bonchev–Trinajstić information content (AvgIpc) is 2.10. The first-order valence-electron chi connectivity index (χ1n) is 3.64. The van der Waals surface area contributed by atoms with Crippen LogP contribution in [-0.4, -0.2) is 27.7 Å². The summed E-state index contributed by atoms with van der Waals surface area (Å²) in [6.45, 7) is -0.446. The SMILES string of the molecule is COC(=O)Cn1c(O)cc(=O)[nH]c1=O. The van der Waals surface area contributed by atoms with E-state index >= 15 is 0 Å². The molecule has 7 nitrogen and oxygen atoms in total. The van der Waals surface area contributed by atoms with Gasteiger partial charge in [-0.3, -0.25) is 19.1 Å². The van der Waals surface area contributed by atoms with E-state index in [1.807, 2.05) is 4.98 Å². The summed E-state index contributed by atoms with van der Waals surface area (Å²) in [5.41, 5.74) is -1.59. The maximum Gasteiger partial charge on any atom is 0.331 e. The monoisotopic (exact) mass is 200 g/mol. The number of aromatic nitrogens is 2. The molecule has 0 saturated carbocycles. The van der Waals surface area contributed by atoms with Gasteiger partial charge in [0.05, 0.1) is 13.2 Å². The summed E-state index contributed by atoms with van der Waals surface area (Å²) in [7, 11) is 1.15. The predicted octanol–water partition coefficient (Wildman–Crippen LogP) is -1.58. The van der Waals surface area contributed by atoms with Crippen LogP contribution >= 0.6 is 0 Å². The van der Waals surface area contributed by atoms with Crippen LogP contribution in [0.1, 0.15) is 0 Å². The lowest BCUT2D eigenvalue weighted by molar-refractivity contribution is -0.141. The second kappa shape index (κ2) is 3.77. The van der Waals surface area contributed by atoms with Crippen molar-refractivity contribution in [2.75, 3.05) is 7.11 Å². The number of aromatic hydroxyl groups is 1. The van der Waals surface area contributed by atoms with Crippen LogP contribution < -0.4 is 11.2 Å². The number of hydrogen-bond acceptors (Lipinski definition) is 5. The fourth-order valence-corrected chi connectivity index (χ4v) is 0.855. The molecule has 0 amide bonds. The molecule has 2 N–H and O–H groups in total. The van der Waals surface area contributed by atoms with Crippen LogP contribution in [0.15, 0.2) is 15.7 Å². The molecule has 0 spiro atoms. The van der Waals surface area contributed by atoms with Gasteiger partial charge in [-0.15, -0.1) is 0 Å². The number of nitrogens with zero attached hydrogens (tertiary/aromatic N) is 1. The summed E-state index contributed by atoms with van der Waals surface area (Å²) < 4.78 is 4.98. The minimum Gasteiger partial charge on any atom is -0.494 e. The normalized spacial score (nSPS) is 9.79. The van der Waals surface area contributed by atoms with Crippen LogP contribution in [0.5, 0.6) is 5.88 Å². The van der Waals surface area contributed by atoms with Crippen LogP contribution in [0, 0.1) is 0 Å². The molecule has 76 valence electrons. The van der Waals surface area contributed by atoms with Gasteiger partial charge in [0.15, 0.2) is 0 Å². The fraction of sp³-hybridized carbons (Fsp3) is 0.286. The van der Waals surface area contributed by atoms with Gasteiger partial charge < -0.3 is 9.84 Å². The molecule has 0 aromatic carbocycles. The molecular weight excluding hydrogens is 192 g/mol. The summed E-state index contributed by atoms with van der Waals surface area (Å²) in [5, 5.41) is 9.15. The lowest BCUT2D eigenvalue weighted by Gasteiger charge is -2.04. The third kappa shape index (κ3) is 2.00. The zero-order valence-electron chi connectivity index (χ0n) is 7.31. The van der Waals surface area contributed by atoms with Crippen molar-refractivity contribution in [3.8, 4) is 5.88 Å². The van der Waals surface area contributed by atoms with Crippen molar-refractivity contribution >= 4 is 5.97 Å². The molecule has 1 aromatic heterocycles. The summed E-state index contributed by atoms with van der Waals surface area (Å²) in [6, 6.07) is 0.796. The first-order valence-corrected chi connectivity index (χ1v) is 3.64. The Bertz CT molecular complexity index is 458. The highest BCUT2D eigenvalue weighted by molar-refractivity contribution is 5.69. The van der Waals surface area contributed by atoms with Crippen molar-refractivity contribution in [3.63, 3.8) is 0 Å². The van der Waals surface area contributed by atoms with Gasteiger partial charge in [-0.2, -0.15) is 0 Å². The number of rotatable bonds is 2. The molecule has 0 unspecified atom stereocenters. The van der Waals surface area contributed by atoms with Crippen LogP contribution in [0.25, 0.3) is 0 Å². The Morgan fingerprint density at radius 3 is 2.79 bits per heavy atom. The van der Waals surface area contributed by atoms with Crippen LogP contribution in [-0.2, 0) is 16.1 Å². The Hall–Kier alpha value is -2.05. The van der Waals surface area contributed by atoms with Crippen LogP contribution in [0.2, 0.25) is 0 Å². The molecule has 14 heavy (non-hydrogen) atoms. The highest BCUT2D eigenvalue weighted by Crippen LogP contribution is 1.99. The molecule has 0 aliphatic carbocycles. The zero-order valence-corrected chi connectivity index (χ0v) is 7.31. The Kier molecular flexibility index (Phi) is 2.70. The molecule has 0 saturated heterocycles. The maximum atomic E-state index is 11.1. The molecule has 0 bridgehead atoms. The Morgan fingerprint density at radius 2 is 2.29 bits per heavy atom. The largest absolute Gasteiger partial charge is 0.494 e. The summed E-state index contributed by atoms with van der Waals surface area (Å²) >= 11 is 0. The number of aromatic amines is 1. The minimum absolute atomic E-state index is 0.446. The van der Waals surface area contributed by atoms with E-state index in [-0.39, 0.29) is 0 Å². The summed E-state index contributed by atoms with van der Waals surface area (Å²) in [4.78, 5) is 34.4. The van der Waals surface area contributed by atoms with Crippen molar-refractivity contribution in [2.24, 2.45) is 0 Å². The molecular formula is C7H8N2O5. The molecule has 0 fully saturated rings. The average molecular weight is 200 g/mol. The van der Waals surface area contributed by atoms with Gasteiger partial charge >= 0.3 is 11.7 Å². The van der Waals surface area contributed by atoms with E-state index in [4.69, 9.17) is 5.11 Å². The maximum absolute atomic E-state index is 11.1. The molecule has 1 heterocycles. The van der Waals surface area contributed by atoms with Crippen LogP contribution in [0.3, 0.4) is 0 Å². The first kappa shape index (κ1) is 10.0. The highest BCUT2D eigenvalue weighted by Gasteiger charge is 2.08. The zero-order chi connectivity index (χ0) is 10.7. The molecule has 0 aliphatic rings. The van der Waals surface area contributed by atoms with Crippen LogP contribution in [0.4, 0.5) is 0 Å². The van der Waals surface area contributed by atoms with Crippen molar-refractivity contribution in [1.82, 2.24) is 9.55 Å². The number of ether oxygens (including phenoxy) is 1. The van der Waals surface area contributed by atoms with Crippen molar-refractivity contribution in [2.45, 2.75) is 6.54 Å². The fourth-order valence-electron chi connectivity index (χ4n) is 0.855. The van der Waals surface area contributed by atoms with Crippen molar-refractivity contribution in [3.05, 3.63) is 26.9 Å². The summed E-state index contributed by atoms with van der Waals surface area (Å²) in [5.74, 6) is -1.28. The lowest BCUT2D eigenvalue weighted by Crippen LogP contribution is -2.31. The Balaban J connectivity index is 3.16. The second-order valence-corrected chi connectivity index (χ2v) is 2.46. The first-order chi connectivity index (χ1) is 6.54. The number of H-pyrrole nitrogens is 1. The van der Waals surface area contributed by atoms with Gasteiger partial charge in [0.2, 0.25) is 5.88 Å². The standard InChI is InChI=1S/C7H8N2O5/c1-14-6(12)3-9-5(11)2-4(10)8-7(9)13/h2,11H,3H2,1H3,(H,8,10,13). The molecule has 1 aromatic rings. The topological polar surface area (TPSA) is 101 Å². The molecule has 7 heteroatoms. The summed E-state index contributed by atoms with van der Waals surface area (Å²) in [6.07, 6.45) is 0. The number of nitrogens with one attached hydrogen (secondary N) is 1. The number of esters is 1. The minimum atomic E-state index is -0.861. The van der Waals surface area contributed by atoms with E-state index in [0.29, 0.717) is 4.57 Å². The van der Waals surface area contributed by atoms with Gasteiger partial charge in [0.1, 0.15) is 6.54 Å². The Morgan fingerprint density at radius 1 is 1.64 bits per heavy atom. The highest BCUT2D eigenvalue weighted by atomic mass is 16.5. The lowest BCUT2D eigenvalue weighted by atomic mass is 10.5. The van der Waals surface area contributed by atoms with Gasteiger partial charge in [-0.1, -0.05) is 0 Å². The third-order valence-electron chi connectivity index (χ3n) is 1.53. The molecule has 0 atom stereocenters. The van der Waals surface area contributed by atoms with E-state index < -0.39 is 29.6 Å². The predicted molar refractivity (Wildman–Crippen MR) is 45.0 cm³/mol. The molecule has 0 aliphatic heterocycles. The molecule has 0 radical (unpaired) electrons. The van der Waals surface area contributed by atoms with Crippen molar-refractivity contribution < 1.29 is 14.6 Å². The quantitative estimate of drug-likeness (QED) is 0.561. The van der Waals surface area contributed by atoms with E-state index in [1.54, 1.807) is 0 Å².